The molecule has 4 heteroatoms. The molecule has 0 bridgehead atoms. The minimum atomic E-state index is -0.501. The van der Waals surface area contributed by atoms with Crippen molar-refractivity contribution in [2.24, 2.45) is 5.73 Å². The summed E-state index contributed by atoms with van der Waals surface area (Å²) >= 11 is 0. The minimum absolute atomic E-state index is 0.150. The number of carbonyl (C=O) groups is 1. The van der Waals surface area contributed by atoms with Crippen LogP contribution in [0.2, 0.25) is 0 Å². The van der Waals surface area contributed by atoms with Gasteiger partial charge in [0.15, 0.2) is 6.61 Å². The molecule has 0 fully saturated rings. The summed E-state index contributed by atoms with van der Waals surface area (Å²) in [6.07, 6.45) is 0. The molecule has 0 saturated carbocycles. The number of amides is 1. The highest BCUT2D eigenvalue weighted by atomic mass is 16.5. The molecule has 0 spiro atoms. The molecule has 0 atom stereocenters. The van der Waals surface area contributed by atoms with Crippen molar-refractivity contribution < 1.29 is 9.53 Å². The smallest absolute Gasteiger partial charge is 0.255 e. The number of rotatable bonds is 7. The summed E-state index contributed by atoms with van der Waals surface area (Å²) in [6.45, 7) is -0.150. The summed E-state index contributed by atoms with van der Waals surface area (Å²) < 4.78 is 5.53. The minimum Gasteiger partial charge on any atom is -0.484 e. The molecule has 1 heterocycles. The Kier molecular flexibility index (Phi) is 5.95. The molecule has 34 heavy (non-hydrogen) atoms. The van der Waals surface area contributed by atoms with Gasteiger partial charge in [0.05, 0.1) is 5.69 Å². The number of aromatic amines is 1. The molecule has 3 N–H and O–H groups in total. The largest absolute Gasteiger partial charge is 0.484 e. The van der Waals surface area contributed by atoms with E-state index in [4.69, 9.17) is 10.5 Å². The topological polar surface area (TPSA) is 68.1 Å². The lowest BCUT2D eigenvalue weighted by Crippen LogP contribution is -2.19. The summed E-state index contributed by atoms with van der Waals surface area (Å²) in [5.74, 6) is 0.103. The zero-order chi connectivity index (χ0) is 23.3. The Bertz CT molecular complexity index is 1370. The number of ether oxygens (including phenoxy) is 1. The molecule has 0 radical (unpaired) electrons. The summed E-state index contributed by atoms with van der Waals surface area (Å²) in [5, 5.41) is 0. The molecule has 4 nitrogen and oxygen atoms in total. The fourth-order valence-electron chi connectivity index (χ4n) is 4.16. The molecule has 5 aromatic rings. The molecule has 0 aliphatic carbocycles. The van der Waals surface area contributed by atoms with E-state index in [1.165, 1.54) is 0 Å². The first-order valence-corrected chi connectivity index (χ1v) is 11.1. The third-order valence-electron chi connectivity index (χ3n) is 5.71. The van der Waals surface area contributed by atoms with Gasteiger partial charge in [-0.2, -0.15) is 0 Å². The number of nitrogens with one attached hydrogen (secondary N) is 1. The fraction of sp³-hybridized carbons (Fsp3) is 0.0333. The van der Waals surface area contributed by atoms with Gasteiger partial charge in [0.2, 0.25) is 0 Å². The molecule has 0 aliphatic rings. The molecular weight excluding hydrogens is 420 g/mol. The van der Waals surface area contributed by atoms with Crippen molar-refractivity contribution in [3.8, 4) is 50.5 Å². The van der Waals surface area contributed by atoms with Crippen LogP contribution in [0.15, 0.2) is 115 Å². The Balaban J connectivity index is 1.62. The van der Waals surface area contributed by atoms with Gasteiger partial charge in [-0.1, -0.05) is 97.1 Å². The Hall–Kier alpha value is -4.57. The molecule has 1 amide bonds. The lowest BCUT2D eigenvalue weighted by Gasteiger charge is -2.11. The Morgan fingerprint density at radius 2 is 1.26 bits per heavy atom. The third kappa shape index (κ3) is 4.48. The predicted molar refractivity (Wildman–Crippen MR) is 137 cm³/mol. The van der Waals surface area contributed by atoms with E-state index in [1.54, 1.807) is 0 Å². The van der Waals surface area contributed by atoms with Crippen LogP contribution in [0.25, 0.3) is 44.8 Å². The number of H-pyrrole nitrogens is 1. The SMILES string of the molecule is NC(=O)COc1cccc(-c2ccccc2-c2cc(-c3ccccc3)c(-c3ccccc3)[nH]2)c1. The first kappa shape index (κ1) is 21.3. The van der Waals surface area contributed by atoms with E-state index in [2.05, 4.69) is 71.7 Å². The van der Waals surface area contributed by atoms with Gasteiger partial charge in [0.25, 0.3) is 5.91 Å². The van der Waals surface area contributed by atoms with Gasteiger partial charge in [-0.15, -0.1) is 0 Å². The monoisotopic (exact) mass is 444 g/mol. The van der Waals surface area contributed by atoms with E-state index >= 15 is 0 Å². The van der Waals surface area contributed by atoms with Gasteiger partial charge in [0.1, 0.15) is 5.75 Å². The molecule has 1 aromatic heterocycles. The van der Waals surface area contributed by atoms with Gasteiger partial charge in [-0.05, 0) is 40.5 Å². The Labute approximate surface area is 198 Å². The first-order valence-electron chi connectivity index (χ1n) is 11.1. The maximum Gasteiger partial charge on any atom is 0.255 e. The molecule has 166 valence electrons. The Morgan fingerprint density at radius 3 is 1.97 bits per heavy atom. The van der Waals surface area contributed by atoms with Crippen molar-refractivity contribution >= 4 is 5.91 Å². The number of primary amides is 1. The number of benzene rings is 4. The molecule has 0 saturated heterocycles. The van der Waals surface area contributed by atoms with Crippen LogP contribution < -0.4 is 10.5 Å². The number of hydrogen-bond acceptors (Lipinski definition) is 2. The van der Waals surface area contributed by atoms with Crippen LogP contribution in [0.5, 0.6) is 5.75 Å². The number of hydrogen-bond donors (Lipinski definition) is 2. The predicted octanol–water partition coefficient (Wildman–Crippen LogP) is 6.55. The van der Waals surface area contributed by atoms with Crippen molar-refractivity contribution in [1.82, 2.24) is 4.98 Å². The van der Waals surface area contributed by atoms with Crippen LogP contribution in [0.4, 0.5) is 0 Å². The summed E-state index contributed by atoms with van der Waals surface area (Å²) in [4.78, 5) is 14.8. The fourth-order valence-corrected chi connectivity index (χ4v) is 4.16. The van der Waals surface area contributed by atoms with Crippen LogP contribution in [0.1, 0.15) is 0 Å². The third-order valence-corrected chi connectivity index (χ3v) is 5.71. The number of nitrogens with two attached hydrogens (primary N) is 1. The highest BCUT2D eigenvalue weighted by Crippen LogP contribution is 2.39. The van der Waals surface area contributed by atoms with E-state index < -0.39 is 5.91 Å². The van der Waals surface area contributed by atoms with E-state index in [1.807, 2.05) is 48.5 Å². The zero-order valence-electron chi connectivity index (χ0n) is 18.6. The van der Waals surface area contributed by atoms with Crippen molar-refractivity contribution in [1.29, 1.82) is 0 Å². The van der Waals surface area contributed by atoms with Crippen LogP contribution >= 0.6 is 0 Å². The van der Waals surface area contributed by atoms with Gasteiger partial charge in [0, 0.05) is 16.8 Å². The van der Waals surface area contributed by atoms with Crippen LogP contribution in [-0.2, 0) is 4.79 Å². The maximum atomic E-state index is 11.1. The van der Waals surface area contributed by atoms with Crippen molar-refractivity contribution in [3.63, 3.8) is 0 Å². The van der Waals surface area contributed by atoms with Crippen molar-refractivity contribution in [2.45, 2.75) is 0 Å². The van der Waals surface area contributed by atoms with E-state index in [0.717, 1.165) is 44.8 Å². The second-order valence-corrected chi connectivity index (χ2v) is 8.03. The lowest BCUT2D eigenvalue weighted by molar-refractivity contribution is -0.119. The van der Waals surface area contributed by atoms with Crippen LogP contribution in [-0.4, -0.2) is 17.5 Å². The zero-order valence-corrected chi connectivity index (χ0v) is 18.6. The first-order chi connectivity index (χ1) is 16.7. The van der Waals surface area contributed by atoms with E-state index in [9.17, 15) is 4.79 Å². The van der Waals surface area contributed by atoms with Crippen molar-refractivity contribution in [2.75, 3.05) is 6.61 Å². The molecular formula is C30H24N2O2. The van der Waals surface area contributed by atoms with Gasteiger partial charge in [-0.25, -0.2) is 0 Å². The molecule has 5 rings (SSSR count). The molecule has 0 unspecified atom stereocenters. The normalized spacial score (nSPS) is 10.7. The highest BCUT2D eigenvalue weighted by Gasteiger charge is 2.16. The average molecular weight is 445 g/mol. The summed E-state index contributed by atoms with van der Waals surface area (Å²) in [6, 6.07) is 39.0. The summed E-state index contributed by atoms with van der Waals surface area (Å²) in [7, 11) is 0. The van der Waals surface area contributed by atoms with Crippen molar-refractivity contribution in [3.05, 3.63) is 115 Å². The van der Waals surface area contributed by atoms with E-state index in [0.29, 0.717) is 5.75 Å². The summed E-state index contributed by atoms with van der Waals surface area (Å²) in [5.41, 5.74) is 13.9. The van der Waals surface area contributed by atoms with Gasteiger partial charge >= 0.3 is 0 Å². The van der Waals surface area contributed by atoms with Gasteiger partial charge < -0.3 is 15.5 Å². The van der Waals surface area contributed by atoms with Gasteiger partial charge in [-0.3, -0.25) is 4.79 Å². The standard InChI is InChI=1S/C30H24N2O2/c31-29(33)20-34-24-15-9-14-23(18-24)25-16-7-8-17-26(25)28-19-27(21-10-3-1-4-11-21)30(32-28)22-12-5-2-6-13-22/h1-19,32H,20H2,(H2,31,33). The van der Waals surface area contributed by atoms with Crippen LogP contribution in [0.3, 0.4) is 0 Å². The number of carbonyl (C=O) groups excluding carboxylic acids is 1. The lowest BCUT2D eigenvalue weighted by atomic mass is 9.96. The second-order valence-electron chi connectivity index (χ2n) is 8.03. The van der Waals surface area contributed by atoms with E-state index in [-0.39, 0.29) is 6.61 Å². The molecule has 4 aromatic carbocycles. The highest BCUT2D eigenvalue weighted by molar-refractivity contribution is 5.90. The second kappa shape index (κ2) is 9.51. The maximum absolute atomic E-state index is 11.1. The molecule has 0 aliphatic heterocycles. The number of aromatic nitrogens is 1. The average Bonchev–Trinajstić information content (AvgIpc) is 3.34. The Morgan fingerprint density at radius 1 is 0.647 bits per heavy atom. The van der Waals surface area contributed by atoms with Crippen LogP contribution in [0, 0.1) is 0 Å². The quantitative estimate of drug-likeness (QED) is 0.299.